The van der Waals surface area contributed by atoms with Crippen LogP contribution >= 0.6 is 0 Å². The molecule has 0 spiro atoms. The molecule has 0 aromatic carbocycles. The van der Waals surface area contributed by atoms with Gasteiger partial charge >= 0.3 is 5.97 Å². The minimum atomic E-state index is -0.879. The number of rotatable bonds is 3. The van der Waals surface area contributed by atoms with Crippen molar-refractivity contribution in [2.24, 2.45) is 11.8 Å². The minimum Gasteiger partial charge on any atom is -0.478 e. The van der Waals surface area contributed by atoms with E-state index in [9.17, 15) is 9.90 Å². The Morgan fingerprint density at radius 2 is 1.95 bits per heavy atom. The summed E-state index contributed by atoms with van der Waals surface area (Å²) >= 11 is 0. The number of hydrogen-bond donors (Lipinski definition) is 1. The van der Waals surface area contributed by atoms with Crippen LogP contribution in [0.25, 0.3) is 0 Å². The number of aromatic nitrogens is 1. The molecule has 0 amide bonds. The second kappa shape index (κ2) is 5.81. The number of pyridine rings is 1. The Kier molecular flexibility index (Phi) is 4.31. The first-order valence-corrected chi connectivity index (χ1v) is 7.36. The zero-order valence-electron chi connectivity index (χ0n) is 12.8. The molecule has 110 valence electrons. The molecule has 0 atom stereocenters. The molecule has 4 nitrogen and oxygen atoms in total. The van der Waals surface area contributed by atoms with Crippen LogP contribution in [0.3, 0.4) is 0 Å². The predicted octanol–water partition coefficient (Wildman–Crippen LogP) is 3.27. The molecular formula is C16H24N2O2. The normalized spacial score (nSPS) is 16.8. The fourth-order valence-electron chi connectivity index (χ4n) is 3.13. The highest BCUT2D eigenvalue weighted by Crippen LogP contribution is 2.31. The van der Waals surface area contributed by atoms with E-state index < -0.39 is 5.97 Å². The molecule has 0 bridgehead atoms. The number of hydrogen-bond acceptors (Lipinski definition) is 3. The van der Waals surface area contributed by atoms with E-state index in [1.54, 1.807) is 6.92 Å². The molecule has 0 saturated carbocycles. The maximum absolute atomic E-state index is 11.5. The number of aromatic carboxylic acids is 1. The lowest BCUT2D eigenvalue weighted by Crippen LogP contribution is -2.36. The van der Waals surface area contributed by atoms with Crippen molar-refractivity contribution in [1.82, 2.24) is 4.98 Å². The molecule has 0 unspecified atom stereocenters. The van der Waals surface area contributed by atoms with Crippen LogP contribution < -0.4 is 4.90 Å². The van der Waals surface area contributed by atoms with Crippen molar-refractivity contribution >= 4 is 11.7 Å². The predicted molar refractivity (Wildman–Crippen MR) is 80.4 cm³/mol. The number of carboxylic acid groups (broad SMARTS) is 1. The monoisotopic (exact) mass is 276 g/mol. The maximum atomic E-state index is 11.5. The van der Waals surface area contributed by atoms with Crippen molar-refractivity contribution in [3.63, 3.8) is 0 Å². The van der Waals surface area contributed by atoms with Crippen molar-refractivity contribution in [2.75, 3.05) is 18.0 Å². The molecule has 1 N–H and O–H groups in total. The number of carbonyl (C=O) groups is 1. The van der Waals surface area contributed by atoms with Crippen molar-refractivity contribution in [3.8, 4) is 0 Å². The Balaban J connectivity index is 2.27. The summed E-state index contributed by atoms with van der Waals surface area (Å²) in [6.07, 6.45) is 2.27. The third-order valence-corrected chi connectivity index (χ3v) is 4.34. The molecule has 0 aliphatic carbocycles. The van der Waals surface area contributed by atoms with Crippen molar-refractivity contribution in [1.29, 1.82) is 0 Å². The largest absolute Gasteiger partial charge is 0.478 e. The summed E-state index contributed by atoms with van der Waals surface area (Å²) in [4.78, 5) is 18.0. The van der Waals surface area contributed by atoms with Crippen molar-refractivity contribution in [2.45, 2.75) is 40.5 Å². The summed E-state index contributed by atoms with van der Waals surface area (Å²) in [5, 5.41) is 9.44. The van der Waals surface area contributed by atoms with Gasteiger partial charge in [-0.1, -0.05) is 13.8 Å². The number of aryl methyl sites for hydroxylation is 2. The van der Waals surface area contributed by atoms with Gasteiger partial charge in [0.05, 0.1) is 11.4 Å². The van der Waals surface area contributed by atoms with Gasteiger partial charge in [0.2, 0.25) is 0 Å². The van der Waals surface area contributed by atoms with Gasteiger partial charge in [-0.25, -0.2) is 4.79 Å². The van der Waals surface area contributed by atoms with Gasteiger partial charge in [0.15, 0.2) is 0 Å². The van der Waals surface area contributed by atoms with E-state index in [-0.39, 0.29) is 0 Å². The van der Waals surface area contributed by atoms with Crippen LogP contribution in [0.2, 0.25) is 0 Å². The molecule has 4 heteroatoms. The molecule has 1 aromatic heterocycles. The molecule has 1 fully saturated rings. The van der Waals surface area contributed by atoms with Gasteiger partial charge in [-0.05, 0) is 44.6 Å². The summed E-state index contributed by atoms with van der Waals surface area (Å²) in [5.74, 6) is 0.580. The molecule has 1 aliphatic rings. The minimum absolute atomic E-state index is 0.360. The van der Waals surface area contributed by atoms with Gasteiger partial charge in [0, 0.05) is 18.8 Å². The lowest BCUT2D eigenvalue weighted by Gasteiger charge is -2.36. The second-order valence-electron chi connectivity index (χ2n) is 6.12. The summed E-state index contributed by atoms with van der Waals surface area (Å²) in [6.45, 7) is 10.1. The zero-order valence-corrected chi connectivity index (χ0v) is 12.8. The second-order valence-corrected chi connectivity index (χ2v) is 6.12. The molecule has 1 aromatic rings. The third kappa shape index (κ3) is 2.94. The number of anilines is 1. The highest BCUT2D eigenvalue weighted by Gasteiger charge is 2.25. The van der Waals surface area contributed by atoms with E-state index >= 15 is 0 Å². The summed E-state index contributed by atoms with van der Waals surface area (Å²) < 4.78 is 0. The average Bonchev–Trinajstić information content (AvgIpc) is 2.37. The summed E-state index contributed by atoms with van der Waals surface area (Å²) in [5.41, 5.74) is 2.69. The molecular weight excluding hydrogens is 252 g/mol. The standard InChI is InChI=1S/C16H24N2O2/c1-10(2)13-5-7-18(8-6-13)14-9-11(3)17-12(4)15(14)16(19)20/h9-10,13H,5-8H2,1-4H3,(H,19,20). The van der Waals surface area contributed by atoms with Gasteiger partial charge in [0.25, 0.3) is 0 Å². The van der Waals surface area contributed by atoms with E-state index in [2.05, 4.69) is 23.7 Å². The lowest BCUT2D eigenvalue weighted by atomic mass is 9.86. The van der Waals surface area contributed by atoms with E-state index in [1.807, 2.05) is 13.0 Å². The fraction of sp³-hybridized carbons (Fsp3) is 0.625. The Morgan fingerprint density at radius 3 is 2.45 bits per heavy atom. The van der Waals surface area contributed by atoms with Crippen LogP contribution in [-0.4, -0.2) is 29.1 Å². The molecule has 0 radical (unpaired) electrons. The number of carboxylic acids is 1. The van der Waals surface area contributed by atoms with Gasteiger partial charge in [-0.3, -0.25) is 4.98 Å². The van der Waals surface area contributed by atoms with Crippen LogP contribution in [0.4, 0.5) is 5.69 Å². The van der Waals surface area contributed by atoms with Gasteiger partial charge in [-0.15, -0.1) is 0 Å². The van der Waals surface area contributed by atoms with E-state index in [4.69, 9.17) is 0 Å². The Hall–Kier alpha value is -1.58. The van der Waals surface area contributed by atoms with Gasteiger partial charge < -0.3 is 10.0 Å². The maximum Gasteiger partial charge on any atom is 0.339 e. The quantitative estimate of drug-likeness (QED) is 0.920. The lowest BCUT2D eigenvalue weighted by molar-refractivity contribution is 0.0696. The van der Waals surface area contributed by atoms with Crippen molar-refractivity contribution < 1.29 is 9.90 Å². The van der Waals surface area contributed by atoms with Crippen LogP contribution in [0.1, 0.15) is 48.4 Å². The van der Waals surface area contributed by atoms with Crippen LogP contribution in [0, 0.1) is 25.7 Å². The van der Waals surface area contributed by atoms with E-state index in [1.165, 1.54) is 0 Å². The third-order valence-electron chi connectivity index (χ3n) is 4.34. The first-order valence-electron chi connectivity index (χ1n) is 7.36. The molecule has 2 rings (SSSR count). The fourth-order valence-corrected chi connectivity index (χ4v) is 3.13. The molecule has 20 heavy (non-hydrogen) atoms. The molecule has 1 saturated heterocycles. The Morgan fingerprint density at radius 1 is 1.35 bits per heavy atom. The number of nitrogens with zero attached hydrogens (tertiary/aromatic N) is 2. The van der Waals surface area contributed by atoms with E-state index in [0.717, 1.165) is 43.2 Å². The van der Waals surface area contributed by atoms with Gasteiger partial charge in [0.1, 0.15) is 5.56 Å². The van der Waals surface area contributed by atoms with E-state index in [0.29, 0.717) is 17.2 Å². The van der Waals surface area contributed by atoms with Gasteiger partial charge in [-0.2, -0.15) is 0 Å². The zero-order chi connectivity index (χ0) is 14.9. The molecule has 2 heterocycles. The Labute approximate surface area is 120 Å². The topological polar surface area (TPSA) is 53.4 Å². The molecule has 1 aliphatic heterocycles. The van der Waals surface area contributed by atoms with Crippen LogP contribution in [-0.2, 0) is 0 Å². The highest BCUT2D eigenvalue weighted by atomic mass is 16.4. The Bertz CT molecular complexity index is 503. The number of piperidine rings is 1. The smallest absolute Gasteiger partial charge is 0.339 e. The average molecular weight is 276 g/mol. The summed E-state index contributed by atoms with van der Waals surface area (Å²) in [6, 6.07) is 1.91. The van der Waals surface area contributed by atoms with Crippen LogP contribution in [0.5, 0.6) is 0 Å². The van der Waals surface area contributed by atoms with Crippen LogP contribution in [0.15, 0.2) is 6.07 Å². The first kappa shape index (κ1) is 14.8. The SMILES string of the molecule is Cc1cc(N2CCC(C(C)C)CC2)c(C(=O)O)c(C)n1. The first-order chi connectivity index (χ1) is 9.40. The summed E-state index contributed by atoms with van der Waals surface area (Å²) in [7, 11) is 0. The van der Waals surface area contributed by atoms with Crippen molar-refractivity contribution in [3.05, 3.63) is 23.0 Å². The highest BCUT2D eigenvalue weighted by molar-refractivity contribution is 5.95.